The molecule has 2 atom stereocenters. The Morgan fingerprint density at radius 3 is 2.82 bits per heavy atom. The second-order valence-corrected chi connectivity index (χ2v) is 8.15. The summed E-state index contributed by atoms with van der Waals surface area (Å²) in [4.78, 5) is 26.0. The SMILES string of the molecule is CCNC(=NCCc1csc(N2CCCC2)n1)N1CC(C)C(C(=O)OC)C1.I. The van der Waals surface area contributed by atoms with Gasteiger partial charge in [0.2, 0.25) is 0 Å². The van der Waals surface area contributed by atoms with Crippen LogP contribution < -0.4 is 10.2 Å². The van der Waals surface area contributed by atoms with Crippen molar-refractivity contribution in [1.29, 1.82) is 0 Å². The number of nitrogens with one attached hydrogen (secondary N) is 1. The molecule has 0 radical (unpaired) electrons. The number of carbonyl (C=O) groups is 1. The summed E-state index contributed by atoms with van der Waals surface area (Å²) in [6.45, 7) is 9.41. The van der Waals surface area contributed by atoms with E-state index < -0.39 is 0 Å². The zero-order valence-corrected chi connectivity index (χ0v) is 20.2. The third-order valence-electron chi connectivity index (χ3n) is 5.30. The summed E-state index contributed by atoms with van der Waals surface area (Å²) < 4.78 is 4.94. The number of anilines is 1. The van der Waals surface area contributed by atoms with E-state index in [0.29, 0.717) is 13.1 Å². The Bertz CT molecular complexity index is 663. The number of aliphatic imine (C=N–C) groups is 1. The number of rotatable bonds is 6. The van der Waals surface area contributed by atoms with Gasteiger partial charge in [-0.1, -0.05) is 6.92 Å². The molecule has 0 saturated carbocycles. The number of halogens is 1. The van der Waals surface area contributed by atoms with Crippen LogP contribution in [0.5, 0.6) is 0 Å². The van der Waals surface area contributed by atoms with E-state index in [-0.39, 0.29) is 41.8 Å². The van der Waals surface area contributed by atoms with Gasteiger partial charge >= 0.3 is 5.97 Å². The molecule has 0 bridgehead atoms. The standard InChI is InChI=1S/C19H31N5O2S.HI/c1-4-20-18(24-11-14(2)16(12-24)17(25)26-3)21-8-7-15-13-27-19(22-15)23-9-5-6-10-23;/h13-14,16H,4-12H2,1-3H3,(H,20,21);1H. The molecule has 1 aromatic rings. The van der Waals surface area contributed by atoms with E-state index in [4.69, 9.17) is 14.7 Å². The fourth-order valence-electron chi connectivity index (χ4n) is 3.76. The number of hydrogen-bond donors (Lipinski definition) is 1. The number of ether oxygens (including phenoxy) is 1. The summed E-state index contributed by atoms with van der Waals surface area (Å²) in [5, 5.41) is 6.66. The molecule has 2 aliphatic heterocycles. The van der Waals surface area contributed by atoms with E-state index in [1.807, 2.05) is 0 Å². The molecule has 0 amide bonds. The van der Waals surface area contributed by atoms with E-state index >= 15 is 0 Å². The number of methoxy groups -OCH3 is 1. The maximum absolute atomic E-state index is 11.9. The molecule has 7 nitrogen and oxygen atoms in total. The molecule has 3 rings (SSSR count). The van der Waals surface area contributed by atoms with Gasteiger partial charge in [-0.25, -0.2) is 4.98 Å². The number of hydrogen-bond acceptors (Lipinski definition) is 6. The average Bonchev–Trinajstić information content (AvgIpc) is 3.40. The average molecular weight is 521 g/mol. The van der Waals surface area contributed by atoms with Crippen LogP contribution in [-0.4, -0.2) is 68.2 Å². The molecule has 0 aromatic carbocycles. The van der Waals surface area contributed by atoms with Gasteiger partial charge in [0, 0.05) is 51.1 Å². The normalized spacial score (nSPS) is 22.3. The van der Waals surface area contributed by atoms with Crippen molar-refractivity contribution < 1.29 is 9.53 Å². The number of thiazole rings is 1. The summed E-state index contributed by atoms with van der Waals surface area (Å²) in [5.74, 6) is 0.937. The van der Waals surface area contributed by atoms with Crippen molar-refractivity contribution in [2.45, 2.75) is 33.1 Å². The van der Waals surface area contributed by atoms with Crippen molar-refractivity contribution in [3.05, 3.63) is 11.1 Å². The molecule has 1 N–H and O–H groups in total. The molecule has 2 fully saturated rings. The molecular formula is C19H32IN5O2S. The van der Waals surface area contributed by atoms with Gasteiger partial charge in [-0.15, -0.1) is 35.3 Å². The van der Waals surface area contributed by atoms with Crippen LogP contribution in [0.4, 0.5) is 5.13 Å². The Labute approximate surface area is 189 Å². The van der Waals surface area contributed by atoms with Gasteiger partial charge in [-0.3, -0.25) is 9.79 Å². The van der Waals surface area contributed by atoms with Gasteiger partial charge in [-0.05, 0) is 25.7 Å². The molecule has 9 heteroatoms. The molecular weight excluding hydrogens is 489 g/mol. The number of carbonyl (C=O) groups excluding carboxylic acids is 1. The maximum Gasteiger partial charge on any atom is 0.310 e. The van der Waals surface area contributed by atoms with Crippen molar-refractivity contribution in [2.75, 3.05) is 51.3 Å². The summed E-state index contributed by atoms with van der Waals surface area (Å²) in [6.07, 6.45) is 3.38. The summed E-state index contributed by atoms with van der Waals surface area (Å²) >= 11 is 1.74. The molecule has 158 valence electrons. The smallest absolute Gasteiger partial charge is 0.310 e. The lowest BCUT2D eigenvalue weighted by molar-refractivity contribution is -0.145. The lowest BCUT2D eigenvalue weighted by atomic mass is 9.99. The Morgan fingerprint density at radius 1 is 1.39 bits per heavy atom. The van der Waals surface area contributed by atoms with Crippen molar-refractivity contribution in [3.63, 3.8) is 0 Å². The molecule has 3 heterocycles. The number of nitrogens with zero attached hydrogens (tertiary/aromatic N) is 4. The van der Waals surface area contributed by atoms with Crippen molar-refractivity contribution in [2.24, 2.45) is 16.8 Å². The van der Waals surface area contributed by atoms with Gasteiger partial charge in [-0.2, -0.15) is 0 Å². The van der Waals surface area contributed by atoms with Crippen LogP contribution in [0.3, 0.4) is 0 Å². The summed E-state index contributed by atoms with van der Waals surface area (Å²) in [5.41, 5.74) is 1.11. The third kappa shape index (κ3) is 5.71. The van der Waals surface area contributed by atoms with Gasteiger partial charge in [0.15, 0.2) is 11.1 Å². The van der Waals surface area contributed by atoms with E-state index in [2.05, 4.69) is 34.3 Å². The van der Waals surface area contributed by atoms with E-state index in [1.165, 1.54) is 20.0 Å². The second-order valence-electron chi connectivity index (χ2n) is 7.31. The van der Waals surface area contributed by atoms with Crippen LogP contribution >= 0.6 is 35.3 Å². The van der Waals surface area contributed by atoms with Gasteiger partial charge in [0.05, 0.1) is 18.7 Å². The minimum atomic E-state index is -0.127. The second kappa shape index (κ2) is 11.2. The first kappa shape index (κ1) is 23.2. The third-order valence-corrected chi connectivity index (χ3v) is 6.25. The van der Waals surface area contributed by atoms with Crippen molar-refractivity contribution in [3.8, 4) is 0 Å². The quantitative estimate of drug-likeness (QED) is 0.269. The van der Waals surface area contributed by atoms with Crippen molar-refractivity contribution in [1.82, 2.24) is 15.2 Å². The Hall–Kier alpha value is -1.10. The number of aromatic nitrogens is 1. The molecule has 2 saturated heterocycles. The van der Waals surface area contributed by atoms with Gasteiger partial charge in [0.1, 0.15) is 0 Å². The number of guanidine groups is 1. The number of likely N-dealkylation sites (tertiary alicyclic amines) is 1. The lowest BCUT2D eigenvalue weighted by Crippen LogP contribution is -2.40. The Balaban J connectivity index is 0.00000280. The largest absolute Gasteiger partial charge is 0.469 e. The lowest BCUT2D eigenvalue weighted by Gasteiger charge is -2.21. The highest BCUT2D eigenvalue weighted by Gasteiger charge is 2.36. The fraction of sp³-hybridized carbons (Fsp3) is 0.737. The number of esters is 1. The predicted octanol–water partition coefficient (Wildman–Crippen LogP) is 2.61. The summed E-state index contributed by atoms with van der Waals surface area (Å²) in [6, 6.07) is 0. The summed E-state index contributed by atoms with van der Waals surface area (Å²) in [7, 11) is 1.46. The van der Waals surface area contributed by atoms with Gasteiger partial charge in [0.25, 0.3) is 0 Å². The van der Waals surface area contributed by atoms with Crippen LogP contribution in [0.1, 0.15) is 32.4 Å². The van der Waals surface area contributed by atoms with E-state index in [9.17, 15) is 4.79 Å². The van der Waals surface area contributed by atoms with Crippen LogP contribution in [0, 0.1) is 11.8 Å². The van der Waals surface area contributed by atoms with Crippen LogP contribution in [0.25, 0.3) is 0 Å². The molecule has 0 aliphatic carbocycles. The fourth-order valence-corrected chi connectivity index (χ4v) is 4.68. The van der Waals surface area contributed by atoms with Crippen molar-refractivity contribution >= 4 is 52.4 Å². The molecule has 0 spiro atoms. The minimum absolute atomic E-state index is 0. The maximum atomic E-state index is 11.9. The highest BCUT2D eigenvalue weighted by atomic mass is 127. The topological polar surface area (TPSA) is 70.1 Å². The molecule has 2 aliphatic rings. The molecule has 1 aromatic heterocycles. The Kier molecular flexibility index (Phi) is 9.26. The van der Waals surface area contributed by atoms with Gasteiger partial charge < -0.3 is 19.9 Å². The zero-order chi connectivity index (χ0) is 19.2. The highest BCUT2D eigenvalue weighted by Crippen LogP contribution is 2.25. The van der Waals surface area contributed by atoms with Crippen LogP contribution in [0.15, 0.2) is 10.4 Å². The van der Waals surface area contributed by atoms with E-state index in [0.717, 1.165) is 49.4 Å². The predicted molar refractivity (Wildman–Crippen MR) is 125 cm³/mol. The Morgan fingerprint density at radius 2 is 2.14 bits per heavy atom. The first-order valence-corrected chi connectivity index (χ1v) is 10.8. The van der Waals surface area contributed by atoms with Crippen LogP contribution in [-0.2, 0) is 16.0 Å². The highest BCUT2D eigenvalue weighted by molar-refractivity contribution is 14.0. The monoisotopic (exact) mass is 521 g/mol. The first-order valence-electron chi connectivity index (χ1n) is 9.92. The molecule has 2 unspecified atom stereocenters. The zero-order valence-electron chi connectivity index (χ0n) is 17.0. The van der Waals surface area contributed by atoms with E-state index in [1.54, 1.807) is 11.3 Å². The minimum Gasteiger partial charge on any atom is -0.469 e. The first-order chi connectivity index (χ1) is 13.1. The molecule has 28 heavy (non-hydrogen) atoms. The van der Waals surface area contributed by atoms with Crippen LogP contribution in [0.2, 0.25) is 0 Å².